The summed E-state index contributed by atoms with van der Waals surface area (Å²) in [5, 5.41) is 12.2. The van der Waals surface area contributed by atoms with E-state index in [1.165, 1.54) is 0 Å². The van der Waals surface area contributed by atoms with Crippen molar-refractivity contribution in [2.45, 2.75) is 6.92 Å². The van der Waals surface area contributed by atoms with Gasteiger partial charge in [-0.05, 0) is 24.6 Å². The third-order valence-electron chi connectivity index (χ3n) is 2.06. The second-order valence-corrected chi connectivity index (χ2v) is 3.58. The Labute approximate surface area is 93.4 Å². The maximum absolute atomic E-state index is 10.5. The van der Waals surface area contributed by atoms with Gasteiger partial charge in [0, 0.05) is 22.8 Å². The third kappa shape index (κ3) is 2.99. The van der Waals surface area contributed by atoms with Gasteiger partial charge in [0.2, 0.25) is 0 Å². The van der Waals surface area contributed by atoms with Crippen LogP contribution in [0.25, 0.3) is 0 Å². The zero-order valence-corrected chi connectivity index (χ0v) is 9.14. The smallest absolute Gasteiger partial charge is 0.332 e. The van der Waals surface area contributed by atoms with Gasteiger partial charge in [-0.25, -0.2) is 4.79 Å². The summed E-state index contributed by atoms with van der Waals surface area (Å²) >= 11 is 5.91. The number of halogens is 1. The van der Waals surface area contributed by atoms with Gasteiger partial charge in [-0.1, -0.05) is 24.2 Å². The molecule has 1 aromatic rings. The molecular weight excluding hydrogens is 214 g/mol. The molecule has 0 aliphatic carbocycles. The molecule has 15 heavy (non-hydrogen) atoms. The Balaban J connectivity index is 2.70. The maximum Gasteiger partial charge on any atom is 0.332 e. The molecule has 1 aromatic carbocycles. The van der Waals surface area contributed by atoms with Crippen molar-refractivity contribution in [3.63, 3.8) is 0 Å². The topological polar surface area (TPSA) is 49.3 Å². The van der Waals surface area contributed by atoms with Crippen LogP contribution < -0.4 is 5.32 Å². The van der Waals surface area contributed by atoms with Gasteiger partial charge in [0.15, 0.2) is 0 Å². The summed E-state index contributed by atoms with van der Waals surface area (Å²) in [6.07, 6.45) is 0. The van der Waals surface area contributed by atoms with Crippen LogP contribution in [0, 0.1) is 6.92 Å². The van der Waals surface area contributed by atoms with Crippen LogP contribution in [0.2, 0.25) is 5.02 Å². The van der Waals surface area contributed by atoms with Crippen molar-refractivity contribution in [2.24, 2.45) is 0 Å². The fraction of sp³-hybridized carbons (Fsp3) is 0.182. The molecular formula is C11H12ClNO2. The third-order valence-corrected chi connectivity index (χ3v) is 2.47. The maximum atomic E-state index is 10.5. The Hall–Kier alpha value is -1.48. The lowest BCUT2D eigenvalue weighted by Crippen LogP contribution is -2.11. The molecule has 0 aliphatic rings. The van der Waals surface area contributed by atoms with Crippen LogP contribution in [0.15, 0.2) is 30.4 Å². The molecule has 2 N–H and O–H groups in total. The van der Waals surface area contributed by atoms with Gasteiger partial charge in [0.25, 0.3) is 0 Å². The van der Waals surface area contributed by atoms with Crippen LogP contribution >= 0.6 is 11.6 Å². The fourth-order valence-corrected chi connectivity index (χ4v) is 1.25. The number of carboxylic acids is 1. The van der Waals surface area contributed by atoms with E-state index in [0.717, 1.165) is 11.3 Å². The number of benzene rings is 1. The zero-order valence-electron chi connectivity index (χ0n) is 8.38. The van der Waals surface area contributed by atoms with E-state index in [1.54, 1.807) is 12.1 Å². The fourth-order valence-electron chi connectivity index (χ4n) is 1.08. The number of aliphatic carboxylic acids is 1. The lowest BCUT2D eigenvalue weighted by Gasteiger charge is -2.10. The highest BCUT2D eigenvalue weighted by Crippen LogP contribution is 2.22. The van der Waals surface area contributed by atoms with Gasteiger partial charge in [-0.15, -0.1) is 0 Å². The molecule has 0 aromatic heterocycles. The molecule has 0 atom stereocenters. The van der Waals surface area contributed by atoms with Crippen molar-refractivity contribution in [2.75, 3.05) is 11.9 Å². The van der Waals surface area contributed by atoms with E-state index in [-0.39, 0.29) is 12.1 Å². The van der Waals surface area contributed by atoms with Gasteiger partial charge in [-0.2, -0.15) is 0 Å². The number of carboxylic acid groups (broad SMARTS) is 1. The molecule has 0 unspecified atom stereocenters. The van der Waals surface area contributed by atoms with Gasteiger partial charge < -0.3 is 10.4 Å². The minimum Gasteiger partial charge on any atom is -0.478 e. The Morgan fingerprint density at radius 3 is 2.87 bits per heavy atom. The van der Waals surface area contributed by atoms with Crippen molar-refractivity contribution < 1.29 is 9.90 Å². The lowest BCUT2D eigenvalue weighted by molar-refractivity contribution is -0.132. The van der Waals surface area contributed by atoms with Crippen molar-refractivity contribution in [1.82, 2.24) is 0 Å². The summed E-state index contributed by atoms with van der Waals surface area (Å²) in [7, 11) is 0. The highest BCUT2D eigenvalue weighted by molar-refractivity contribution is 6.31. The minimum absolute atomic E-state index is 0.120. The molecule has 0 radical (unpaired) electrons. The van der Waals surface area contributed by atoms with Crippen LogP contribution in [0.1, 0.15) is 5.56 Å². The number of anilines is 1. The minimum atomic E-state index is -0.998. The molecule has 3 nitrogen and oxygen atoms in total. The van der Waals surface area contributed by atoms with E-state index in [1.807, 2.05) is 13.0 Å². The first-order chi connectivity index (χ1) is 7.02. The van der Waals surface area contributed by atoms with Gasteiger partial charge in [0.05, 0.1) is 0 Å². The highest BCUT2D eigenvalue weighted by Gasteiger charge is 2.05. The first-order valence-corrected chi connectivity index (χ1v) is 4.80. The molecule has 0 fully saturated rings. The first kappa shape index (κ1) is 11.6. The van der Waals surface area contributed by atoms with Crippen LogP contribution in [0.3, 0.4) is 0 Å². The van der Waals surface area contributed by atoms with Crippen LogP contribution in [-0.2, 0) is 4.79 Å². The predicted molar refractivity (Wildman–Crippen MR) is 61.5 cm³/mol. The summed E-state index contributed by atoms with van der Waals surface area (Å²) in [6, 6.07) is 5.44. The van der Waals surface area contributed by atoms with E-state index >= 15 is 0 Å². The molecule has 0 spiro atoms. The molecule has 0 heterocycles. The second-order valence-electron chi connectivity index (χ2n) is 3.17. The average molecular weight is 226 g/mol. The van der Waals surface area contributed by atoms with Crippen LogP contribution in [0.4, 0.5) is 5.69 Å². The number of carbonyl (C=O) groups is 1. The number of hydrogen-bond donors (Lipinski definition) is 2. The summed E-state index contributed by atoms with van der Waals surface area (Å²) in [5.41, 5.74) is 1.84. The summed E-state index contributed by atoms with van der Waals surface area (Å²) < 4.78 is 0. The van der Waals surface area contributed by atoms with Crippen molar-refractivity contribution >= 4 is 23.3 Å². The van der Waals surface area contributed by atoms with Crippen molar-refractivity contribution in [1.29, 1.82) is 0 Å². The molecule has 0 amide bonds. The Kier molecular flexibility index (Phi) is 3.74. The van der Waals surface area contributed by atoms with E-state index in [2.05, 4.69) is 11.9 Å². The lowest BCUT2D eigenvalue weighted by atomic mass is 10.2. The summed E-state index contributed by atoms with van der Waals surface area (Å²) in [4.78, 5) is 10.5. The summed E-state index contributed by atoms with van der Waals surface area (Å²) in [6.45, 7) is 5.50. The molecule has 0 saturated heterocycles. The quantitative estimate of drug-likeness (QED) is 0.775. The Morgan fingerprint density at radius 2 is 2.27 bits per heavy atom. The van der Waals surface area contributed by atoms with E-state index in [4.69, 9.17) is 16.7 Å². The van der Waals surface area contributed by atoms with E-state index < -0.39 is 5.97 Å². The largest absolute Gasteiger partial charge is 0.478 e. The Bertz CT molecular complexity index is 402. The molecule has 80 valence electrons. The van der Waals surface area contributed by atoms with Gasteiger partial charge >= 0.3 is 5.97 Å². The highest BCUT2D eigenvalue weighted by atomic mass is 35.5. The number of nitrogens with one attached hydrogen (secondary N) is 1. The second kappa shape index (κ2) is 4.84. The van der Waals surface area contributed by atoms with Gasteiger partial charge in [-0.3, -0.25) is 0 Å². The molecule has 0 aliphatic heterocycles. The first-order valence-electron chi connectivity index (χ1n) is 4.42. The predicted octanol–water partition coefficient (Wildman–Crippen LogP) is 2.70. The van der Waals surface area contributed by atoms with Crippen LogP contribution in [0.5, 0.6) is 0 Å². The van der Waals surface area contributed by atoms with Crippen LogP contribution in [-0.4, -0.2) is 17.6 Å². The normalized spacial score (nSPS) is 9.73. The van der Waals surface area contributed by atoms with E-state index in [9.17, 15) is 4.79 Å². The molecule has 4 heteroatoms. The molecule has 1 rings (SSSR count). The van der Waals surface area contributed by atoms with E-state index in [0.29, 0.717) is 5.02 Å². The number of hydrogen-bond acceptors (Lipinski definition) is 2. The van der Waals surface area contributed by atoms with Crippen molar-refractivity contribution in [3.8, 4) is 0 Å². The molecule has 0 saturated carbocycles. The van der Waals surface area contributed by atoms with Crippen molar-refractivity contribution in [3.05, 3.63) is 40.9 Å². The average Bonchev–Trinajstić information content (AvgIpc) is 2.19. The van der Waals surface area contributed by atoms with Gasteiger partial charge in [0.1, 0.15) is 0 Å². The standard InChI is InChI=1S/C11H12ClNO2/c1-7(11(14)15)6-13-10-5-3-4-9(12)8(10)2/h3-5,13H,1,6H2,2H3,(H,14,15). The molecule has 0 bridgehead atoms. The SMILES string of the molecule is C=C(CNc1cccc(Cl)c1C)C(=O)O. The zero-order chi connectivity index (χ0) is 11.4. The Morgan fingerprint density at radius 1 is 1.60 bits per heavy atom. The number of rotatable bonds is 4. The summed E-state index contributed by atoms with van der Waals surface area (Å²) in [5.74, 6) is -0.998. The monoisotopic (exact) mass is 225 g/mol.